The number of hydrogen-bond acceptors (Lipinski definition) is 6. The number of hydrogen-bond donors (Lipinski definition) is 0. The lowest BCUT2D eigenvalue weighted by molar-refractivity contribution is -0.167. The Bertz CT molecular complexity index is 678. The number of carbonyl (C=O) groups excluding carboxylic acids is 3. The summed E-state index contributed by atoms with van der Waals surface area (Å²) >= 11 is 0. The van der Waals surface area contributed by atoms with E-state index >= 15 is 0 Å². The molecule has 45 heavy (non-hydrogen) atoms. The molecule has 0 rings (SSSR count). The fourth-order valence-electron chi connectivity index (χ4n) is 5.53. The van der Waals surface area contributed by atoms with Gasteiger partial charge in [-0.25, -0.2) is 0 Å². The molecular weight excluding hydrogens is 564 g/mol. The highest BCUT2D eigenvalue weighted by Gasteiger charge is 2.19. The van der Waals surface area contributed by atoms with Crippen LogP contribution in [0.3, 0.4) is 0 Å². The highest BCUT2D eigenvalue weighted by molar-refractivity contribution is 5.71. The molecule has 0 N–H and O–H groups in total. The van der Waals surface area contributed by atoms with Crippen LogP contribution < -0.4 is 0 Å². The van der Waals surface area contributed by atoms with Crippen molar-refractivity contribution in [2.24, 2.45) is 5.92 Å². The molecule has 0 amide bonds. The second kappa shape index (κ2) is 33.8. The van der Waals surface area contributed by atoms with E-state index in [1.165, 1.54) is 96.3 Å². The van der Waals surface area contributed by atoms with Gasteiger partial charge in [0.1, 0.15) is 13.2 Å². The highest BCUT2D eigenvalue weighted by Crippen LogP contribution is 2.16. The Hall–Kier alpha value is -1.59. The molecule has 0 bridgehead atoms. The lowest BCUT2D eigenvalue weighted by Gasteiger charge is -2.18. The lowest BCUT2D eigenvalue weighted by Crippen LogP contribution is -2.30. The van der Waals surface area contributed by atoms with Gasteiger partial charge in [0.05, 0.1) is 0 Å². The smallest absolute Gasteiger partial charge is 0.306 e. The minimum Gasteiger partial charge on any atom is -0.462 e. The van der Waals surface area contributed by atoms with Crippen LogP contribution in [0, 0.1) is 5.92 Å². The van der Waals surface area contributed by atoms with Crippen LogP contribution in [0.2, 0.25) is 0 Å². The summed E-state index contributed by atoms with van der Waals surface area (Å²) < 4.78 is 16.5. The minimum atomic E-state index is -0.755. The van der Waals surface area contributed by atoms with Gasteiger partial charge in [-0.05, 0) is 25.2 Å². The molecule has 0 aliphatic rings. The summed E-state index contributed by atoms with van der Waals surface area (Å²) in [6, 6.07) is 0. The molecule has 6 heteroatoms. The van der Waals surface area contributed by atoms with Crippen LogP contribution in [0.5, 0.6) is 0 Å². The van der Waals surface area contributed by atoms with Gasteiger partial charge in [-0.2, -0.15) is 0 Å². The van der Waals surface area contributed by atoms with E-state index in [4.69, 9.17) is 14.2 Å². The minimum absolute atomic E-state index is 0.0667. The summed E-state index contributed by atoms with van der Waals surface area (Å²) in [5.41, 5.74) is 0. The van der Waals surface area contributed by atoms with Crippen LogP contribution in [-0.4, -0.2) is 37.2 Å². The van der Waals surface area contributed by atoms with E-state index < -0.39 is 6.10 Å². The lowest BCUT2D eigenvalue weighted by atomic mass is 9.99. The summed E-state index contributed by atoms with van der Waals surface area (Å²) in [5.74, 6) is -0.0332. The van der Waals surface area contributed by atoms with Crippen LogP contribution in [0.25, 0.3) is 0 Å². The molecule has 0 aliphatic heterocycles. The van der Waals surface area contributed by atoms with Gasteiger partial charge in [0, 0.05) is 19.3 Å². The van der Waals surface area contributed by atoms with Crippen molar-refractivity contribution >= 4 is 17.9 Å². The molecule has 0 aliphatic carbocycles. The Morgan fingerprint density at radius 3 is 1.16 bits per heavy atom. The third kappa shape index (κ3) is 32.2. The van der Waals surface area contributed by atoms with Crippen LogP contribution in [0.15, 0.2) is 0 Å². The molecule has 266 valence electrons. The second-order valence-corrected chi connectivity index (χ2v) is 13.5. The SMILES string of the molecule is CCCCCCCCCCCCC(=O)OC[C@@H](COC(=O)CCCCCCCCCCC(C)CC)OC(=O)CCCCCCC. The van der Waals surface area contributed by atoms with Crippen molar-refractivity contribution in [3.05, 3.63) is 0 Å². The molecule has 0 radical (unpaired) electrons. The molecule has 1 unspecified atom stereocenters. The molecule has 0 aromatic heterocycles. The maximum Gasteiger partial charge on any atom is 0.306 e. The van der Waals surface area contributed by atoms with E-state index in [-0.39, 0.29) is 31.1 Å². The average molecular weight is 639 g/mol. The summed E-state index contributed by atoms with van der Waals surface area (Å²) in [7, 11) is 0. The van der Waals surface area contributed by atoms with Crippen molar-refractivity contribution in [3.63, 3.8) is 0 Å². The molecule has 2 atom stereocenters. The number of rotatable bonds is 34. The normalized spacial score (nSPS) is 12.5. The summed E-state index contributed by atoms with van der Waals surface area (Å²) in [5, 5.41) is 0. The summed E-state index contributed by atoms with van der Waals surface area (Å²) in [4.78, 5) is 37.2. The van der Waals surface area contributed by atoms with Gasteiger partial charge in [0.15, 0.2) is 6.10 Å². The monoisotopic (exact) mass is 639 g/mol. The zero-order chi connectivity index (χ0) is 33.2. The third-order valence-corrected chi connectivity index (χ3v) is 8.90. The van der Waals surface area contributed by atoms with Crippen molar-refractivity contribution in [3.8, 4) is 0 Å². The Morgan fingerprint density at radius 1 is 0.444 bits per heavy atom. The second-order valence-electron chi connectivity index (χ2n) is 13.5. The third-order valence-electron chi connectivity index (χ3n) is 8.90. The fraction of sp³-hybridized carbons (Fsp3) is 0.923. The van der Waals surface area contributed by atoms with Gasteiger partial charge in [-0.15, -0.1) is 0 Å². The topological polar surface area (TPSA) is 78.9 Å². The quantitative estimate of drug-likeness (QED) is 0.0396. The van der Waals surface area contributed by atoms with E-state index in [9.17, 15) is 14.4 Å². The van der Waals surface area contributed by atoms with Crippen LogP contribution in [0.1, 0.15) is 207 Å². The average Bonchev–Trinajstić information content (AvgIpc) is 3.03. The molecule has 0 heterocycles. The van der Waals surface area contributed by atoms with E-state index in [2.05, 4.69) is 27.7 Å². The number of unbranched alkanes of at least 4 members (excludes halogenated alkanes) is 20. The molecule has 0 saturated heterocycles. The molecule has 0 spiro atoms. The maximum absolute atomic E-state index is 12.4. The first-order valence-corrected chi connectivity index (χ1v) is 19.4. The van der Waals surface area contributed by atoms with Crippen molar-refractivity contribution in [2.75, 3.05) is 13.2 Å². The van der Waals surface area contributed by atoms with Crippen LogP contribution in [-0.2, 0) is 28.6 Å². The number of carbonyl (C=O) groups is 3. The molecule has 0 aromatic rings. The predicted molar refractivity (Wildman–Crippen MR) is 187 cm³/mol. The van der Waals surface area contributed by atoms with Gasteiger partial charge in [-0.1, -0.05) is 169 Å². The van der Waals surface area contributed by atoms with E-state index in [1.807, 2.05) is 0 Å². The molecule has 6 nitrogen and oxygen atoms in total. The first-order valence-electron chi connectivity index (χ1n) is 19.4. The first kappa shape index (κ1) is 43.4. The Morgan fingerprint density at radius 2 is 0.778 bits per heavy atom. The van der Waals surface area contributed by atoms with Gasteiger partial charge in [-0.3, -0.25) is 14.4 Å². The van der Waals surface area contributed by atoms with Crippen LogP contribution in [0.4, 0.5) is 0 Å². The van der Waals surface area contributed by atoms with Gasteiger partial charge >= 0.3 is 17.9 Å². The number of esters is 3. The van der Waals surface area contributed by atoms with E-state index in [1.54, 1.807) is 0 Å². The predicted octanol–water partition coefficient (Wildman–Crippen LogP) is 11.6. The summed E-state index contributed by atoms with van der Waals surface area (Å²) in [6.45, 7) is 8.87. The van der Waals surface area contributed by atoms with Gasteiger partial charge in [0.2, 0.25) is 0 Å². The maximum atomic E-state index is 12.4. The van der Waals surface area contributed by atoms with E-state index in [0.29, 0.717) is 19.3 Å². The molecule has 0 fully saturated rings. The first-order chi connectivity index (χ1) is 21.9. The van der Waals surface area contributed by atoms with Crippen molar-refractivity contribution < 1.29 is 28.6 Å². The van der Waals surface area contributed by atoms with Gasteiger partial charge in [0.25, 0.3) is 0 Å². The van der Waals surface area contributed by atoms with Crippen molar-refractivity contribution in [2.45, 2.75) is 214 Å². The Kier molecular flexibility index (Phi) is 32.6. The Labute approximate surface area is 278 Å². The standard InChI is InChI=1S/C39H74O6/c1-5-8-10-12-13-14-15-19-23-26-30-37(40)43-33-36(45-39(42)32-28-21-11-9-6-2)34-44-38(41)31-27-24-20-17-16-18-22-25-29-35(4)7-3/h35-36H,5-34H2,1-4H3/t35?,36-/m0/s1. The zero-order valence-corrected chi connectivity index (χ0v) is 30.3. The highest BCUT2D eigenvalue weighted by atomic mass is 16.6. The molecule has 0 aromatic carbocycles. The molecule has 0 saturated carbocycles. The summed E-state index contributed by atoms with van der Waals surface area (Å²) in [6.07, 6.45) is 29.7. The zero-order valence-electron chi connectivity index (χ0n) is 30.3. The number of ether oxygens (including phenoxy) is 3. The fourth-order valence-corrected chi connectivity index (χ4v) is 5.53. The van der Waals surface area contributed by atoms with Crippen molar-refractivity contribution in [1.82, 2.24) is 0 Å². The van der Waals surface area contributed by atoms with E-state index in [0.717, 1.165) is 70.1 Å². The largest absolute Gasteiger partial charge is 0.462 e. The van der Waals surface area contributed by atoms with Crippen LogP contribution >= 0.6 is 0 Å². The van der Waals surface area contributed by atoms with Gasteiger partial charge < -0.3 is 14.2 Å². The Balaban J connectivity index is 4.24. The molecular formula is C39H74O6. The van der Waals surface area contributed by atoms with Crippen molar-refractivity contribution in [1.29, 1.82) is 0 Å².